The van der Waals surface area contributed by atoms with Crippen LogP contribution in [0, 0.1) is 0 Å². The van der Waals surface area contributed by atoms with Crippen LogP contribution in [0.1, 0.15) is 6.92 Å². The van der Waals surface area contributed by atoms with Gasteiger partial charge in [-0.1, -0.05) is 21.6 Å². The van der Waals surface area contributed by atoms with E-state index in [2.05, 4.69) is 5.32 Å². The van der Waals surface area contributed by atoms with Crippen molar-refractivity contribution < 1.29 is 19.5 Å². The van der Waals surface area contributed by atoms with Crippen molar-refractivity contribution in [3.8, 4) is 0 Å². The zero-order valence-corrected chi connectivity index (χ0v) is 10.8. The van der Waals surface area contributed by atoms with E-state index in [0.29, 0.717) is 0 Å². The van der Waals surface area contributed by atoms with Crippen molar-refractivity contribution in [2.45, 2.75) is 19.0 Å². The molecule has 98 valence electrons. The first-order valence-electron chi connectivity index (χ1n) is 4.64. The van der Waals surface area contributed by atoms with Gasteiger partial charge in [-0.3, -0.25) is 19.7 Å². The number of carbonyl (C=O) groups excluding carboxylic acids is 2. The molecule has 0 radical (unpaired) electrons. The van der Waals surface area contributed by atoms with Gasteiger partial charge in [0, 0.05) is 18.4 Å². The third kappa shape index (κ3) is 8.02. The lowest BCUT2D eigenvalue weighted by Crippen LogP contribution is -2.44. The van der Waals surface area contributed by atoms with Gasteiger partial charge in [-0.25, -0.2) is 0 Å². The predicted molar refractivity (Wildman–Crippen MR) is 67.3 cm³/mol. The standard InChI is InChI=1S/C8H15N3O4S2/c1-4(12)11-7(13)5(9)2-16-17-3-6(10)8(14)15/h5-6H,2-3,9-10H2,1H3,(H,14,15)(H,11,12,13). The first-order valence-corrected chi connectivity index (χ1v) is 7.13. The minimum absolute atomic E-state index is 0.223. The summed E-state index contributed by atoms with van der Waals surface area (Å²) in [5.74, 6) is -1.59. The van der Waals surface area contributed by atoms with E-state index < -0.39 is 29.9 Å². The average molecular weight is 281 g/mol. The normalized spacial score (nSPS) is 13.8. The van der Waals surface area contributed by atoms with Crippen LogP contribution in [0.25, 0.3) is 0 Å². The molecule has 6 N–H and O–H groups in total. The summed E-state index contributed by atoms with van der Waals surface area (Å²) in [5, 5.41) is 10.6. The summed E-state index contributed by atoms with van der Waals surface area (Å²) in [6.45, 7) is 1.22. The number of imide groups is 1. The fourth-order valence-electron chi connectivity index (χ4n) is 0.656. The van der Waals surface area contributed by atoms with Crippen LogP contribution in [0.4, 0.5) is 0 Å². The molecule has 0 spiro atoms. The van der Waals surface area contributed by atoms with Crippen molar-refractivity contribution in [1.29, 1.82) is 0 Å². The van der Waals surface area contributed by atoms with Crippen molar-refractivity contribution >= 4 is 39.4 Å². The summed E-state index contributed by atoms with van der Waals surface area (Å²) in [6, 6.07) is -1.74. The van der Waals surface area contributed by atoms with Crippen LogP contribution in [-0.2, 0) is 14.4 Å². The Morgan fingerprint density at radius 2 is 1.65 bits per heavy atom. The number of carboxylic acid groups (broad SMARTS) is 1. The Bertz CT molecular complexity index is 300. The van der Waals surface area contributed by atoms with E-state index in [1.807, 2.05) is 0 Å². The molecule has 7 nitrogen and oxygen atoms in total. The molecule has 0 saturated carbocycles. The minimum Gasteiger partial charge on any atom is -0.480 e. The van der Waals surface area contributed by atoms with Crippen molar-refractivity contribution in [2.24, 2.45) is 11.5 Å². The van der Waals surface area contributed by atoms with Gasteiger partial charge >= 0.3 is 5.97 Å². The number of nitrogens with two attached hydrogens (primary N) is 2. The highest BCUT2D eigenvalue weighted by atomic mass is 33.1. The van der Waals surface area contributed by atoms with E-state index in [4.69, 9.17) is 16.6 Å². The Labute approximate surface area is 106 Å². The Hall–Kier alpha value is -0.770. The Morgan fingerprint density at radius 3 is 2.06 bits per heavy atom. The molecule has 2 atom stereocenters. The maximum absolute atomic E-state index is 11.2. The monoisotopic (exact) mass is 281 g/mol. The molecule has 17 heavy (non-hydrogen) atoms. The number of hydrogen-bond acceptors (Lipinski definition) is 7. The number of carbonyl (C=O) groups is 3. The van der Waals surface area contributed by atoms with Crippen LogP contribution in [0.5, 0.6) is 0 Å². The lowest BCUT2D eigenvalue weighted by Gasteiger charge is -2.10. The molecule has 0 fully saturated rings. The number of rotatable bonds is 7. The van der Waals surface area contributed by atoms with Crippen LogP contribution >= 0.6 is 21.6 Å². The maximum atomic E-state index is 11.2. The molecule has 0 bridgehead atoms. The van der Waals surface area contributed by atoms with Crippen LogP contribution in [-0.4, -0.2) is 46.5 Å². The van der Waals surface area contributed by atoms with Gasteiger partial charge in [-0.05, 0) is 0 Å². The molecule has 0 heterocycles. The highest BCUT2D eigenvalue weighted by Crippen LogP contribution is 2.22. The van der Waals surface area contributed by atoms with Crippen molar-refractivity contribution in [3.05, 3.63) is 0 Å². The van der Waals surface area contributed by atoms with E-state index in [9.17, 15) is 14.4 Å². The first-order chi connectivity index (χ1) is 7.84. The fourth-order valence-corrected chi connectivity index (χ4v) is 2.89. The van der Waals surface area contributed by atoms with E-state index >= 15 is 0 Å². The highest BCUT2D eigenvalue weighted by molar-refractivity contribution is 8.76. The molecule has 0 rings (SSSR count). The lowest BCUT2D eigenvalue weighted by atomic mass is 10.3. The molecule has 0 aromatic heterocycles. The zero-order valence-electron chi connectivity index (χ0n) is 9.21. The van der Waals surface area contributed by atoms with Crippen LogP contribution < -0.4 is 16.8 Å². The smallest absolute Gasteiger partial charge is 0.321 e. The third-order valence-electron chi connectivity index (χ3n) is 1.53. The maximum Gasteiger partial charge on any atom is 0.321 e. The number of carboxylic acids is 1. The van der Waals surface area contributed by atoms with Crippen molar-refractivity contribution in [2.75, 3.05) is 11.5 Å². The Morgan fingerprint density at radius 1 is 1.18 bits per heavy atom. The van der Waals surface area contributed by atoms with E-state index in [0.717, 1.165) is 0 Å². The van der Waals surface area contributed by atoms with E-state index in [-0.39, 0.29) is 11.5 Å². The quantitative estimate of drug-likeness (QED) is 0.336. The molecule has 0 aliphatic carbocycles. The lowest BCUT2D eigenvalue weighted by molar-refractivity contribution is -0.138. The molecular formula is C8H15N3O4S2. The summed E-state index contributed by atoms with van der Waals surface area (Å²) in [7, 11) is 2.46. The van der Waals surface area contributed by atoms with Crippen molar-refractivity contribution in [3.63, 3.8) is 0 Å². The SMILES string of the molecule is CC(=O)NC(=O)C(N)CSSCC(N)C(=O)O. The van der Waals surface area contributed by atoms with Crippen LogP contribution in [0.3, 0.4) is 0 Å². The summed E-state index contributed by atoms with van der Waals surface area (Å²) in [6.07, 6.45) is 0. The molecule has 0 aliphatic heterocycles. The molecular weight excluding hydrogens is 266 g/mol. The summed E-state index contributed by atoms with van der Waals surface area (Å²) >= 11 is 0. The van der Waals surface area contributed by atoms with Gasteiger partial charge in [0.2, 0.25) is 11.8 Å². The zero-order chi connectivity index (χ0) is 13.4. The van der Waals surface area contributed by atoms with Crippen LogP contribution in [0.15, 0.2) is 0 Å². The van der Waals surface area contributed by atoms with Gasteiger partial charge in [0.05, 0.1) is 6.04 Å². The number of amides is 2. The third-order valence-corrected chi connectivity index (χ3v) is 4.01. The minimum atomic E-state index is -1.07. The van der Waals surface area contributed by atoms with Gasteiger partial charge in [-0.15, -0.1) is 0 Å². The van der Waals surface area contributed by atoms with Gasteiger partial charge < -0.3 is 16.6 Å². The predicted octanol–water partition coefficient (Wildman–Crippen LogP) is -1.23. The second-order valence-electron chi connectivity index (χ2n) is 3.17. The topological polar surface area (TPSA) is 136 Å². The second-order valence-corrected chi connectivity index (χ2v) is 5.72. The highest BCUT2D eigenvalue weighted by Gasteiger charge is 2.16. The summed E-state index contributed by atoms with van der Waals surface area (Å²) < 4.78 is 0. The number of nitrogens with one attached hydrogen (secondary N) is 1. The van der Waals surface area contributed by atoms with Gasteiger partial charge in [-0.2, -0.15) is 0 Å². The summed E-state index contributed by atoms with van der Waals surface area (Å²) in [5.41, 5.74) is 10.8. The van der Waals surface area contributed by atoms with Gasteiger partial charge in [0.15, 0.2) is 0 Å². The summed E-state index contributed by atoms with van der Waals surface area (Å²) in [4.78, 5) is 32.1. The number of hydrogen-bond donors (Lipinski definition) is 4. The van der Waals surface area contributed by atoms with Crippen molar-refractivity contribution in [1.82, 2.24) is 5.32 Å². The van der Waals surface area contributed by atoms with Crippen LogP contribution in [0.2, 0.25) is 0 Å². The molecule has 0 aromatic carbocycles. The fraction of sp³-hybridized carbons (Fsp3) is 0.625. The Balaban J connectivity index is 3.71. The molecule has 2 unspecified atom stereocenters. The molecule has 0 saturated heterocycles. The van der Waals surface area contributed by atoms with E-state index in [1.165, 1.54) is 28.5 Å². The first kappa shape index (κ1) is 16.2. The van der Waals surface area contributed by atoms with E-state index in [1.54, 1.807) is 0 Å². The second kappa shape index (κ2) is 8.34. The Kier molecular flexibility index (Phi) is 7.96. The molecule has 9 heteroatoms. The number of aliphatic carboxylic acids is 1. The molecule has 0 aliphatic rings. The van der Waals surface area contributed by atoms with Gasteiger partial charge in [0.25, 0.3) is 0 Å². The largest absolute Gasteiger partial charge is 0.480 e. The average Bonchev–Trinajstić information content (AvgIpc) is 2.22. The van der Waals surface area contributed by atoms with Gasteiger partial charge in [0.1, 0.15) is 6.04 Å². The molecule has 2 amide bonds. The molecule has 0 aromatic rings.